The fourth-order valence-corrected chi connectivity index (χ4v) is 6.17. The lowest BCUT2D eigenvalue weighted by Crippen LogP contribution is -2.54. The number of carbonyl (C=O) groups is 2. The van der Waals surface area contributed by atoms with E-state index < -0.39 is 28.5 Å². The van der Waals surface area contributed by atoms with Crippen molar-refractivity contribution in [3.63, 3.8) is 0 Å². The first-order valence-electron chi connectivity index (χ1n) is 13.8. The van der Waals surface area contributed by atoms with Gasteiger partial charge in [-0.2, -0.15) is 0 Å². The fourth-order valence-electron chi connectivity index (χ4n) is 5.11. The van der Waals surface area contributed by atoms with E-state index in [0.29, 0.717) is 23.6 Å². The van der Waals surface area contributed by atoms with Crippen molar-refractivity contribution in [1.82, 2.24) is 10.2 Å². The van der Waals surface area contributed by atoms with Gasteiger partial charge < -0.3 is 19.7 Å². The molecule has 1 N–H and O–H groups in total. The average molecular weight is 558 g/mol. The number of benzene rings is 2. The third-order valence-electron chi connectivity index (χ3n) is 7.43. The molecule has 1 heterocycles. The number of carbonyl (C=O) groups excluding carboxylic acids is 2. The first kappa shape index (κ1) is 28.7. The van der Waals surface area contributed by atoms with E-state index in [9.17, 15) is 18.0 Å². The minimum Gasteiger partial charge on any atom is -0.454 e. The molecular formula is C29H39N3O6S. The van der Waals surface area contributed by atoms with Gasteiger partial charge in [0.1, 0.15) is 12.6 Å². The summed E-state index contributed by atoms with van der Waals surface area (Å²) >= 11 is 0. The van der Waals surface area contributed by atoms with Crippen molar-refractivity contribution in [1.29, 1.82) is 0 Å². The van der Waals surface area contributed by atoms with Crippen LogP contribution in [-0.2, 0) is 26.2 Å². The van der Waals surface area contributed by atoms with Crippen LogP contribution in [-0.4, -0.2) is 56.3 Å². The zero-order chi connectivity index (χ0) is 28.0. The number of hydrogen-bond acceptors (Lipinski definition) is 6. The number of fused-ring (bicyclic) bond motifs is 1. The molecule has 1 atom stereocenters. The van der Waals surface area contributed by atoms with E-state index in [1.807, 2.05) is 38.1 Å². The first-order chi connectivity index (χ1) is 18.7. The lowest BCUT2D eigenvalue weighted by Gasteiger charge is -2.34. The SMILES string of the molecule is CC[C@@H](C(=O)NC1CCCCC1)N(Cc1ccc(C)cc1)C(=O)CN(c1ccc2c(c1)OCO2)S(=O)(=O)CC. The number of aryl methyl sites for hydroxylation is 1. The molecule has 0 saturated heterocycles. The molecule has 0 unspecified atom stereocenters. The quantitative estimate of drug-likeness (QED) is 0.445. The molecule has 4 rings (SSSR count). The van der Waals surface area contributed by atoms with Crippen LogP contribution in [0.1, 0.15) is 63.5 Å². The summed E-state index contributed by atoms with van der Waals surface area (Å²) in [6.07, 6.45) is 5.59. The number of ether oxygens (including phenoxy) is 2. The van der Waals surface area contributed by atoms with Crippen LogP contribution in [0.25, 0.3) is 0 Å². The molecule has 2 aromatic rings. The Labute approximate surface area is 231 Å². The molecule has 2 amide bonds. The highest BCUT2D eigenvalue weighted by Gasteiger charge is 2.34. The molecule has 0 spiro atoms. The Morgan fingerprint density at radius 2 is 1.69 bits per heavy atom. The second-order valence-electron chi connectivity index (χ2n) is 10.2. The maximum Gasteiger partial charge on any atom is 0.244 e. The Hall–Kier alpha value is -3.27. The molecular weight excluding hydrogens is 518 g/mol. The van der Waals surface area contributed by atoms with Crippen molar-refractivity contribution in [2.45, 2.75) is 77.9 Å². The van der Waals surface area contributed by atoms with Gasteiger partial charge in [-0.25, -0.2) is 8.42 Å². The minimum absolute atomic E-state index is 0.0524. The maximum atomic E-state index is 14.0. The molecule has 0 aromatic heterocycles. The lowest BCUT2D eigenvalue weighted by atomic mass is 9.95. The van der Waals surface area contributed by atoms with Crippen LogP contribution in [0.5, 0.6) is 11.5 Å². The van der Waals surface area contributed by atoms with E-state index in [1.54, 1.807) is 18.2 Å². The number of nitrogens with zero attached hydrogens (tertiary/aromatic N) is 2. The van der Waals surface area contributed by atoms with Crippen LogP contribution in [0.3, 0.4) is 0 Å². The zero-order valence-corrected chi connectivity index (χ0v) is 23.8. The summed E-state index contributed by atoms with van der Waals surface area (Å²) in [5.41, 5.74) is 2.26. The van der Waals surface area contributed by atoms with Gasteiger partial charge in [0, 0.05) is 18.7 Å². The summed E-state index contributed by atoms with van der Waals surface area (Å²) in [6, 6.07) is 12.0. The van der Waals surface area contributed by atoms with E-state index in [0.717, 1.165) is 41.1 Å². The van der Waals surface area contributed by atoms with Gasteiger partial charge in [0.25, 0.3) is 0 Å². The molecule has 10 heteroatoms. The van der Waals surface area contributed by atoms with Crippen LogP contribution in [0.15, 0.2) is 42.5 Å². The number of sulfonamides is 1. The van der Waals surface area contributed by atoms with Gasteiger partial charge in [-0.3, -0.25) is 13.9 Å². The summed E-state index contributed by atoms with van der Waals surface area (Å²) in [5, 5.41) is 3.16. The van der Waals surface area contributed by atoms with Gasteiger partial charge in [-0.1, -0.05) is 56.0 Å². The van der Waals surface area contributed by atoms with Crippen LogP contribution in [0.2, 0.25) is 0 Å². The molecule has 212 valence electrons. The van der Waals surface area contributed by atoms with Crippen molar-refractivity contribution in [2.24, 2.45) is 0 Å². The van der Waals surface area contributed by atoms with E-state index in [2.05, 4.69) is 5.32 Å². The predicted molar refractivity (Wildman–Crippen MR) is 150 cm³/mol. The van der Waals surface area contributed by atoms with E-state index >= 15 is 0 Å². The van der Waals surface area contributed by atoms with Gasteiger partial charge in [0.05, 0.1) is 11.4 Å². The Kier molecular flexibility index (Phi) is 9.37. The largest absolute Gasteiger partial charge is 0.454 e. The number of rotatable bonds is 11. The highest BCUT2D eigenvalue weighted by molar-refractivity contribution is 7.92. The second-order valence-corrected chi connectivity index (χ2v) is 12.4. The third kappa shape index (κ3) is 7.03. The van der Waals surface area contributed by atoms with Gasteiger partial charge in [0.2, 0.25) is 28.6 Å². The van der Waals surface area contributed by atoms with Crippen molar-refractivity contribution in [3.05, 3.63) is 53.6 Å². The molecule has 1 aliphatic heterocycles. The lowest BCUT2D eigenvalue weighted by molar-refractivity contribution is -0.140. The number of nitrogens with one attached hydrogen (secondary N) is 1. The van der Waals surface area contributed by atoms with Crippen LogP contribution < -0.4 is 19.1 Å². The van der Waals surface area contributed by atoms with E-state index in [-0.39, 0.29) is 31.0 Å². The van der Waals surface area contributed by atoms with E-state index in [1.165, 1.54) is 18.2 Å². The summed E-state index contributed by atoms with van der Waals surface area (Å²) in [5.74, 6) is 0.108. The summed E-state index contributed by atoms with van der Waals surface area (Å²) < 4.78 is 38.3. The Morgan fingerprint density at radius 1 is 1.00 bits per heavy atom. The molecule has 1 saturated carbocycles. The maximum absolute atomic E-state index is 14.0. The number of anilines is 1. The molecule has 0 radical (unpaired) electrons. The highest BCUT2D eigenvalue weighted by Crippen LogP contribution is 2.36. The topological polar surface area (TPSA) is 105 Å². The average Bonchev–Trinajstić information content (AvgIpc) is 3.41. The predicted octanol–water partition coefficient (Wildman–Crippen LogP) is 4.14. The van der Waals surface area contributed by atoms with Crippen LogP contribution in [0.4, 0.5) is 5.69 Å². The third-order valence-corrected chi connectivity index (χ3v) is 9.18. The summed E-state index contributed by atoms with van der Waals surface area (Å²) in [6.45, 7) is 5.20. The van der Waals surface area contributed by atoms with Crippen molar-refractivity contribution < 1.29 is 27.5 Å². The first-order valence-corrected chi connectivity index (χ1v) is 15.4. The standard InChI is InChI=1S/C29H39N3O6S/c1-4-25(29(34)30-23-9-7-6-8-10-23)31(18-22-13-11-21(3)12-14-22)28(33)19-32(39(35,36)5-2)24-15-16-26-27(17-24)38-20-37-26/h11-17,23,25H,4-10,18-20H2,1-3H3,(H,30,34)/t25-/m0/s1. The molecule has 2 aromatic carbocycles. The van der Waals surface area contributed by atoms with E-state index in [4.69, 9.17) is 9.47 Å². The molecule has 9 nitrogen and oxygen atoms in total. The fraction of sp³-hybridized carbons (Fsp3) is 0.517. The van der Waals surface area contributed by atoms with Crippen molar-refractivity contribution in [2.75, 3.05) is 23.4 Å². The Balaban J connectivity index is 1.63. The van der Waals surface area contributed by atoms with Gasteiger partial charge in [0.15, 0.2) is 11.5 Å². The van der Waals surface area contributed by atoms with Gasteiger partial charge in [-0.15, -0.1) is 0 Å². The minimum atomic E-state index is -3.82. The molecule has 0 bridgehead atoms. The highest BCUT2D eigenvalue weighted by atomic mass is 32.2. The zero-order valence-electron chi connectivity index (χ0n) is 23.0. The number of amides is 2. The molecule has 1 fully saturated rings. The van der Waals surface area contributed by atoms with Gasteiger partial charge >= 0.3 is 0 Å². The smallest absolute Gasteiger partial charge is 0.244 e. The van der Waals surface area contributed by atoms with Crippen molar-refractivity contribution in [3.8, 4) is 11.5 Å². The summed E-state index contributed by atoms with van der Waals surface area (Å²) in [4.78, 5) is 29.0. The van der Waals surface area contributed by atoms with Crippen LogP contribution >= 0.6 is 0 Å². The van der Waals surface area contributed by atoms with Crippen molar-refractivity contribution >= 4 is 27.5 Å². The van der Waals surface area contributed by atoms with Crippen LogP contribution in [0, 0.1) is 6.92 Å². The molecule has 1 aliphatic carbocycles. The summed E-state index contributed by atoms with van der Waals surface area (Å²) in [7, 11) is -3.82. The Morgan fingerprint density at radius 3 is 2.36 bits per heavy atom. The monoisotopic (exact) mass is 557 g/mol. The second kappa shape index (κ2) is 12.7. The normalized spacial score (nSPS) is 16.0. The molecule has 39 heavy (non-hydrogen) atoms. The Bertz CT molecular complexity index is 1260. The molecule has 2 aliphatic rings. The van der Waals surface area contributed by atoms with Gasteiger partial charge in [-0.05, 0) is 50.8 Å². The number of hydrogen-bond donors (Lipinski definition) is 1.